The Morgan fingerprint density at radius 2 is 2.11 bits per heavy atom. The zero-order chi connectivity index (χ0) is 19.5. The number of carbonyl (C=O) groups is 1. The molecule has 1 heterocycles. The molecule has 2 N–H and O–H groups in total. The minimum absolute atomic E-state index is 0.0554. The predicted molar refractivity (Wildman–Crippen MR) is 110 cm³/mol. The Morgan fingerprint density at radius 1 is 1.25 bits per heavy atom. The summed E-state index contributed by atoms with van der Waals surface area (Å²) in [7, 11) is 1.67. The summed E-state index contributed by atoms with van der Waals surface area (Å²) >= 11 is 6.06. The highest BCUT2D eigenvalue weighted by Crippen LogP contribution is 2.32. The maximum Gasteiger partial charge on any atom is 0.220 e. The molecule has 0 saturated heterocycles. The van der Waals surface area contributed by atoms with E-state index in [9.17, 15) is 4.79 Å². The fraction of sp³-hybridized carbons (Fsp3) is 0.318. The third-order valence-corrected chi connectivity index (χ3v) is 5.42. The van der Waals surface area contributed by atoms with Crippen molar-refractivity contribution < 1.29 is 14.3 Å². The van der Waals surface area contributed by atoms with Gasteiger partial charge in [-0.1, -0.05) is 23.7 Å². The summed E-state index contributed by atoms with van der Waals surface area (Å²) in [6.45, 7) is 0.464. The normalized spacial score (nSPS) is 15.4. The van der Waals surface area contributed by atoms with Crippen molar-refractivity contribution in [3.63, 3.8) is 0 Å². The van der Waals surface area contributed by atoms with Gasteiger partial charge < -0.3 is 19.8 Å². The topological polar surface area (TPSA) is 63.3 Å². The molecule has 0 aliphatic heterocycles. The number of aromatic nitrogens is 1. The van der Waals surface area contributed by atoms with Gasteiger partial charge >= 0.3 is 0 Å². The van der Waals surface area contributed by atoms with Crippen molar-refractivity contribution in [2.75, 3.05) is 13.7 Å². The molecule has 0 spiro atoms. The number of H-pyrrole nitrogens is 1. The number of aromatic amines is 1. The molecule has 146 valence electrons. The smallest absolute Gasteiger partial charge is 0.220 e. The number of hydrogen-bond donors (Lipinski definition) is 2. The second kappa shape index (κ2) is 8.15. The van der Waals surface area contributed by atoms with E-state index in [1.54, 1.807) is 13.2 Å². The maximum atomic E-state index is 12.3. The van der Waals surface area contributed by atoms with Crippen LogP contribution in [-0.4, -0.2) is 30.6 Å². The van der Waals surface area contributed by atoms with Crippen LogP contribution in [0.5, 0.6) is 11.5 Å². The van der Waals surface area contributed by atoms with Crippen molar-refractivity contribution in [3.8, 4) is 11.5 Å². The van der Waals surface area contributed by atoms with Crippen molar-refractivity contribution in [2.24, 2.45) is 0 Å². The highest BCUT2D eigenvalue weighted by molar-refractivity contribution is 6.32. The average Bonchev–Trinajstić information content (AvgIpc) is 3.23. The summed E-state index contributed by atoms with van der Waals surface area (Å²) in [6.07, 6.45) is 2.75. The molecule has 28 heavy (non-hydrogen) atoms. The lowest BCUT2D eigenvalue weighted by Gasteiger charge is -2.13. The Kier molecular flexibility index (Phi) is 5.44. The van der Waals surface area contributed by atoms with Crippen LogP contribution in [0.25, 0.3) is 10.9 Å². The molecule has 0 bridgehead atoms. The van der Waals surface area contributed by atoms with Gasteiger partial charge in [0.05, 0.1) is 18.7 Å². The molecular weight excluding hydrogens is 376 g/mol. The number of halogens is 1. The SMILES string of the molecule is COc1ccc2[nH]c3c(c2c1)CC(NC(=O)CCCOc1ccccc1Cl)C3. The van der Waals surface area contributed by atoms with Crippen molar-refractivity contribution in [2.45, 2.75) is 31.7 Å². The van der Waals surface area contributed by atoms with E-state index in [4.69, 9.17) is 21.1 Å². The van der Waals surface area contributed by atoms with Crippen LogP contribution in [0.4, 0.5) is 0 Å². The number of rotatable bonds is 7. The van der Waals surface area contributed by atoms with Gasteiger partial charge in [-0.15, -0.1) is 0 Å². The van der Waals surface area contributed by atoms with Gasteiger partial charge in [-0.05, 0) is 48.7 Å². The molecule has 0 radical (unpaired) electrons. The number of amides is 1. The Labute approximate surface area is 169 Å². The van der Waals surface area contributed by atoms with Crippen LogP contribution in [0.1, 0.15) is 24.1 Å². The highest BCUT2D eigenvalue weighted by Gasteiger charge is 2.26. The van der Waals surface area contributed by atoms with E-state index in [1.807, 2.05) is 30.3 Å². The third kappa shape index (κ3) is 3.94. The maximum absolute atomic E-state index is 12.3. The number of methoxy groups -OCH3 is 1. The second-order valence-electron chi connectivity index (χ2n) is 7.05. The number of para-hydroxylation sites is 1. The average molecular weight is 399 g/mol. The summed E-state index contributed by atoms with van der Waals surface area (Å²) in [6, 6.07) is 13.5. The van der Waals surface area contributed by atoms with Crippen molar-refractivity contribution >= 4 is 28.4 Å². The molecule has 0 fully saturated rings. The Hall–Kier alpha value is -2.66. The number of ether oxygens (including phenoxy) is 2. The van der Waals surface area contributed by atoms with Gasteiger partial charge in [-0.3, -0.25) is 4.79 Å². The van der Waals surface area contributed by atoms with Crippen LogP contribution >= 0.6 is 11.6 Å². The van der Waals surface area contributed by atoms with E-state index in [0.29, 0.717) is 30.2 Å². The van der Waals surface area contributed by atoms with E-state index < -0.39 is 0 Å². The molecule has 0 saturated carbocycles. The van der Waals surface area contributed by atoms with E-state index >= 15 is 0 Å². The summed E-state index contributed by atoms with van der Waals surface area (Å²) < 4.78 is 11.0. The molecule has 1 aliphatic carbocycles. The fourth-order valence-corrected chi connectivity index (χ4v) is 3.95. The standard InChI is InChI=1S/C22H23ClN2O3/c1-27-15-8-9-19-17(13-15)16-11-14(12-20(16)25-19)24-22(26)7-4-10-28-21-6-3-2-5-18(21)23/h2-3,5-6,8-9,13-14,25H,4,7,10-12H2,1H3,(H,24,26). The lowest BCUT2D eigenvalue weighted by molar-refractivity contribution is -0.121. The minimum atomic E-state index is 0.0554. The molecule has 1 aromatic heterocycles. The third-order valence-electron chi connectivity index (χ3n) is 5.11. The number of hydrogen-bond acceptors (Lipinski definition) is 3. The number of fused-ring (bicyclic) bond motifs is 3. The van der Waals surface area contributed by atoms with Crippen LogP contribution < -0.4 is 14.8 Å². The van der Waals surface area contributed by atoms with E-state index in [1.165, 1.54) is 16.6 Å². The first-order chi connectivity index (χ1) is 13.6. The van der Waals surface area contributed by atoms with Gasteiger partial charge in [-0.2, -0.15) is 0 Å². The van der Waals surface area contributed by atoms with Gasteiger partial charge in [0.15, 0.2) is 0 Å². The molecular formula is C22H23ClN2O3. The highest BCUT2D eigenvalue weighted by atomic mass is 35.5. The second-order valence-corrected chi connectivity index (χ2v) is 7.46. The van der Waals surface area contributed by atoms with Gasteiger partial charge in [0, 0.05) is 35.5 Å². The molecule has 1 unspecified atom stereocenters. The van der Waals surface area contributed by atoms with Gasteiger partial charge in [0.25, 0.3) is 0 Å². The lowest BCUT2D eigenvalue weighted by Crippen LogP contribution is -2.35. The minimum Gasteiger partial charge on any atom is -0.497 e. The molecule has 5 nitrogen and oxygen atoms in total. The van der Waals surface area contributed by atoms with E-state index in [0.717, 1.165) is 24.1 Å². The monoisotopic (exact) mass is 398 g/mol. The van der Waals surface area contributed by atoms with Gasteiger partial charge in [-0.25, -0.2) is 0 Å². The summed E-state index contributed by atoms with van der Waals surface area (Å²) in [5.41, 5.74) is 3.60. The molecule has 2 aromatic carbocycles. The zero-order valence-corrected chi connectivity index (χ0v) is 16.5. The first-order valence-electron chi connectivity index (χ1n) is 9.48. The molecule has 1 amide bonds. The predicted octanol–water partition coefficient (Wildman–Crippen LogP) is 4.27. The number of nitrogens with one attached hydrogen (secondary N) is 2. The first kappa shape index (κ1) is 18.7. The van der Waals surface area contributed by atoms with E-state index in [2.05, 4.69) is 16.4 Å². The van der Waals surface area contributed by atoms with Crippen LogP contribution in [0.15, 0.2) is 42.5 Å². The largest absolute Gasteiger partial charge is 0.497 e. The van der Waals surface area contributed by atoms with Crippen molar-refractivity contribution in [1.82, 2.24) is 10.3 Å². The zero-order valence-electron chi connectivity index (χ0n) is 15.8. The lowest BCUT2D eigenvalue weighted by atomic mass is 10.1. The summed E-state index contributed by atoms with van der Waals surface area (Å²) in [5.74, 6) is 1.56. The van der Waals surface area contributed by atoms with E-state index in [-0.39, 0.29) is 11.9 Å². The number of benzene rings is 2. The van der Waals surface area contributed by atoms with Crippen LogP contribution in [0.3, 0.4) is 0 Å². The van der Waals surface area contributed by atoms with Crippen LogP contribution in [0, 0.1) is 0 Å². The molecule has 1 atom stereocenters. The summed E-state index contributed by atoms with van der Waals surface area (Å²) in [4.78, 5) is 15.8. The Balaban J connectivity index is 1.26. The molecule has 1 aliphatic rings. The van der Waals surface area contributed by atoms with Gasteiger partial charge in [0.1, 0.15) is 11.5 Å². The number of carbonyl (C=O) groups excluding carboxylic acids is 1. The van der Waals surface area contributed by atoms with Gasteiger partial charge in [0.2, 0.25) is 5.91 Å². The first-order valence-corrected chi connectivity index (χ1v) is 9.86. The van der Waals surface area contributed by atoms with Crippen molar-refractivity contribution in [1.29, 1.82) is 0 Å². The summed E-state index contributed by atoms with van der Waals surface area (Å²) in [5, 5.41) is 4.91. The fourth-order valence-electron chi connectivity index (χ4n) is 3.76. The molecule has 6 heteroatoms. The Bertz CT molecular complexity index is 999. The Morgan fingerprint density at radius 3 is 2.93 bits per heavy atom. The van der Waals surface area contributed by atoms with Crippen LogP contribution in [0.2, 0.25) is 5.02 Å². The quantitative estimate of drug-likeness (QED) is 0.584. The van der Waals surface area contributed by atoms with Crippen molar-refractivity contribution in [3.05, 3.63) is 58.7 Å². The molecule has 3 aromatic rings. The van der Waals surface area contributed by atoms with Crippen LogP contribution in [-0.2, 0) is 17.6 Å². The molecule has 4 rings (SSSR count).